The van der Waals surface area contributed by atoms with Crippen LogP contribution in [0.5, 0.6) is 5.75 Å². The van der Waals surface area contributed by atoms with E-state index >= 15 is 0 Å². The zero-order valence-electron chi connectivity index (χ0n) is 16.2. The van der Waals surface area contributed by atoms with Gasteiger partial charge in [-0.25, -0.2) is 9.59 Å². The first-order chi connectivity index (χ1) is 14.5. The highest BCUT2D eigenvalue weighted by molar-refractivity contribution is 5.93. The fraction of sp³-hybridized carbons (Fsp3) is 0.318. The van der Waals surface area contributed by atoms with E-state index in [2.05, 4.69) is 0 Å². The van der Waals surface area contributed by atoms with E-state index in [1.165, 1.54) is 19.1 Å². The molecule has 4 rings (SSSR count). The van der Waals surface area contributed by atoms with E-state index < -0.39 is 42.3 Å². The third-order valence-electron chi connectivity index (χ3n) is 4.85. The van der Waals surface area contributed by atoms with Crippen LogP contribution in [0.2, 0.25) is 0 Å². The minimum absolute atomic E-state index is 0.107. The topological polar surface area (TPSA) is 97.4 Å². The van der Waals surface area contributed by atoms with Crippen LogP contribution in [0.25, 0.3) is 0 Å². The fourth-order valence-electron chi connectivity index (χ4n) is 3.49. The molecule has 8 heteroatoms. The van der Waals surface area contributed by atoms with Gasteiger partial charge in [0.1, 0.15) is 23.5 Å². The van der Waals surface area contributed by atoms with Crippen molar-refractivity contribution in [2.75, 3.05) is 13.2 Å². The molecule has 0 saturated carbocycles. The first kappa shape index (κ1) is 20.1. The number of esters is 3. The summed E-state index contributed by atoms with van der Waals surface area (Å²) in [5.41, 5.74) is 0.560. The molecule has 0 bridgehead atoms. The van der Waals surface area contributed by atoms with Crippen LogP contribution in [0.3, 0.4) is 0 Å². The predicted molar refractivity (Wildman–Crippen MR) is 102 cm³/mol. The van der Waals surface area contributed by atoms with Gasteiger partial charge < -0.3 is 23.7 Å². The summed E-state index contributed by atoms with van der Waals surface area (Å²) in [5.74, 6) is -1.55. The van der Waals surface area contributed by atoms with Gasteiger partial charge in [0.25, 0.3) is 0 Å². The molecule has 0 N–H and O–H groups in total. The van der Waals surface area contributed by atoms with E-state index in [9.17, 15) is 14.4 Å². The number of hydrogen-bond acceptors (Lipinski definition) is 8. The monoisotopic (exact) mass is 412 g/mol. The highest BCUT2D eigenvalue weighted by Gasteiger charge is 2.51. The van der Waals surface area contributed by atoms with E-state index in [-0.39, 0.29) is 24.5 Å². The number of carbonyl (C=O) groups excluding carboxylic acids is 3. The molecule has 2 aliphatic rings. The van der Waals surface area contributed by atoms with Gasteiger partial charge in [0.2, 0.25) is 0 Å². The van der Waals surface area contributed by atoms with Crippen molar-refractivity contribution in [3.63, 3.8) is 0 Å². The van der Waals surface area contributed by atoms with Crippen LogP contribution in [-0.2, 0) is 23.7 Å². The lowest BCUT2D eigenvalue weighted by molar-refractivity contribution is -0.131. The van der Waals surface area contributed by atoms with Crippen molar-refractivity contribution >= 4 is 17.9 Å². The van der Waals surface area contributed by atoms with Gasteiger partial charge in [0.15, 0.2) is 12.2 Å². The minimum Gasteiger partial charge on any atom is -0.453 e. The Labute approximate surface area is 172 Å². The normalized spacial score (nSPS) is 24.7. The first-order valence-electron chi connectivity index (χ1n) is 9.50. The van der Waals surface area contributed by atoms with Crippen molar-refractivity contribution in [3.8, 4) is 5.75 Å². The Kier molecular flexibility index (Phi) is 5.78. The Morgan fingerprint density at radius 3 is 2.00 bits per heavy atom. The summed E-state index contributed by atoms with van der Waals surface area (Å²) in [6.07, 6.45) is -2.35. The van der Waals surface area contributed by atoms with Gasteiger partial charge in [-0.1, -0.05) is 30.3 Å². The lowest BCUT2D eigenvalue weighted by Crippen LogP contribution is -2.36. The van der Waals surface area contributed by atoms with Crippen LogP contribution in [0.4, 0.5) is 0 Å². The molecule has 2 heterocycles. The Morgan fingerprint density at radius 2 is 1.37 bits per heavy atom. The van der Waals surface area contributed by atoms with Crippen molar-refractivity contribution in [2.45, 2.75) is 31.3 Å². The van der Waals surface area contributed by atoms with Crippen molar-refractivity contribution in [1.29, 1.82) is 0 Å². The second-order valence-corrected chi connectivity index (χ2v) is 6.94. The van der Waals surface area contributed by atoms with E-state index in [0.29, 0.717) is 5.56 Å². The molecular weight excluding hydrogens is 392 g/mol. The summed E-state index contributed by atoms with van der Waals surface area (Å²) >= 11 is 0. The summed E-state index contributed by atoms with van der Waals surface area (Å²) < 4.78 is 27.5. The molecule has 1 unspecified atom stereocenters. The lowest BCUT2D eigenvalue weighted by Gasteiger charge is -2.18. The van der Waals surface area contributed by atoms with Crippen molar-refractivity contribution in [3.05, 3.63) is 65.7 Å². The molecule has 30 heavy (non-hydrogen) atoms. The van der Waals surface area contributed by atoms with Gasteiger partial charge in [-0.2, -0.15) is 0 Å². The van der Waals surface area contributed by atoms with Gasteiger partial charge >= 0.3 is 17.9 Å². The summed E-state index contributed by atoms with van der Waals surface area (Å²) in [6, 6.07) is 14.9. The molecule has 156 valence electrons. The molecular formula is C22H20O8. The largest absolute Gasteiger partial charge is 0.453 e. The van der Waals surface area contributed by atoms with Crippen LogP contribution in [-0.4, -0.2) is 55.5 Å². The van der Waals surface area contributed by atoms with Crippen LogP contribution in [0, 0.1) is 0 Å². The average molecular weight is 412 g/mol. The molecule has 8 nitrogen and oxygen atoms in total. The summed E-state index contributed by atoms with van der Waals surface area (Å²) in [5, 5.41) is 0. The standard InChI is InChI=1S/C22H20O8/c1-13(23)28-16-10-6-5-9-15(16)22(25)30-18-12-27-19-17(11-26-20(18)19)29-21(24)14-7-3-2-4-8-14/h2-10,17-20H,11-12H2,1H3/t17-,18?,19-,20-/m1/s1. The number of hydrogen-bond donors (Lipinski definition) is 0. The van der Waals surface area contributed by atoms with Crippen LogP contribution in [0.15, 0.2) is 54.6 Å². The van der Waals surface area contributed by atoms with Gasteiger partial charge in [0, 0.05) is 6.92 Å². The van der Waals surface area contributed by atoms with Crippen LogP contribution < -0.4 is 4.74 Å². The molecule has 0 aromatic heterocycles. The van der Waals surface area contributed by atoms with Gasteiger partial charge in [-0.3, -0.25) is 4.79 Å². The maximum Gasteiger partial charge on any atom is 0.342 e. The molecule has 0 spiro atoms. The van der Waals surface area contributed by atoms with Gasteiger partial charge in [-0.15, -0.1) is 0 Å². The Bertz CT molecular complexity index is 941. The molecule has 4 atom stereocenters. The van der Waals surface area contributed by atoms with E-state index in [0.717, 1.165) is 0 Å². The van der Waals surface area contributed by atoms with E-state index in [4.69, 9.17) is 23.7 Å². The molecule has 2 fully saturated rings. The lowest BCUT2D eigenvalue weighted by atomic mass is 10.1. The first-order valence-corrected chi connectivity index (χ1v) is 9.50. The maximum atomic E-state index is 12.6. The number of carbonyl (C=O) groups is 3. The molecule has 2 aromatic carbocycles. The second-order valence-electron chi connectivity index (χ2n) is 6.94. The highest BCUT2D eigenvalue weighted by Crippen LogP contribution is 2.32. The molecule has 0 amide bonds. The summed E-state index contributed by atoms with van der Waals surface area (Å²) in [7, 11) is 0. The van der Waals surface area contributed by atoms with Gasteiger partial charge in [0.05, 0.1) is 18.8 Å². The molecule has 2 aromatic rings. The molecule has 0 aliphatic carbocycles. The minimum atomic E-state index is -0.673. The Balaban J connectivity index is 1.39. The number of para-hydroxylation sites is 1. The smallest absolute Gasteiger partial charge is 0.342 e. The SMILES string of the molecule is CC(=O)Oc1ccccc1C(=O)OC1CO[C@H]2[C@@H]1OC[C@H]2OC(=O)c1ccccc1. The number of ether oxygens (including phenoxy) is 5. The zero-order valence-corrected chi connectivity index (χ0v) is 16.2. The fourth-order valence-corrected chi connectivity index (χ4v) is 3.49. The summed E-state index contributed by atoms with van der Waals surface area (Å²) in [6.45, 7) is 1.50. The third-order valence-corrected chi connectivity index (χ3v) is 4.85. The van der Waals surface area contributed by atoms with Gasteiger partial charge in [-0.05, 0) is 24.3 Å². The second kappa shape index (κ2) is 8.64. The van der Waals surface area contributed by atoms with Crippen LogP contribution in [0.1, 0.15) is 27.6 Å². The van der Waals surface area contributed by atoms with Crippen LogP contribution >= 0.6 is 0 Å². The average Bonchev–Trinajstić information content (AvgIpc) is 3.32. The summed E-state index contributed by atoms with van der Waals surface area (Å²) in [4.78, 5) is 36.2. The predicted octanol–water partition coefficient (Wildman–Crippen LogP) is 2.16. The zero-order chi connectivity index (χ0) is 21.1. The third kappa shape index (κ3) is 4.19. The van der Waals surface area contributed by atoms with Crippen molar-refractivity contribution in [1.82, 2.24) is 0 Å². The molecule has 0 radical (unpaired) electrons. The number of rotatable bonds is 5. The molecule has 2 saturated heterocycles. The quantitative estimate of drug-likeness (QED) is 0.544. The van der Waals surface area contributed by atoms with E-state index in [1.807, 2.05) is 6.07 Å². The Hall–Kier alpha value is -3.23. The molecule has 2 aliphatic heterocycles. The number of fused-ring (bicyclic) bond motifs is 1. The van der Waals surface area contributed by atoms with E-state index in [1.54, 1.807) is 36.4 Å². The highest BCUT2D eigenvalue weighted by atomic mass is 16.7. The Morgan fingerprint density at radius 1 is 0.800 bits per heavy atom. The maximum absolute atomic E-state index is 12.6. The van der Waals surface area contributed by atoms with Crippen molar-refractivity contribution < 1.29 is 38.1 Å². The number of benzene rings is 2. The van der Waals surface area contributed by atoms with Crippen molar-refractivity contribution in [2.24, 2.45) is 0 Å².